The van der Waals surface area contributed by atoms with Crippen LogP contribution in [0.15, 0.2) is 10.7 Å². The Morgan fingerprint density at radius 3 is 2.88 bits per heavy atom. The van der Waals surface area contributed by atoms with E-state index in [0.717, 1.165) is 22.1 Å². The smallest absolute Gasteiger partial charge is 0.269 e. The molecule has 1 unspecified atom stereocenters. The van der Waals surface area contributed by atoms with Gasteiger partial charge >= 0.3 is 0 Å². The van der Waals surface area contributed by atoms with E-state index in [4.69, 9.17) is 4.52 Å². The third-order valence-corrected chi connectivity index (χ3v) is 3.18. The second-order valence-corrected chi connectivity index (χ2v) is 4.89. The Hall–Kier alpha value is -0.980. The number of thiazole rings is 1. The van der Waals surface area contributed by atoms with Gasteiger partial charge in [0.25, 0.3) is 5.89 Å². The Balaban J connectivity index is 0.00000144. The third kappa shape index (κ3) is 3.49. The summed E-state index contributed by atoms with van der Waals surface area (Å²) >= 11 is 1.56. The SMILES string of the molecule is CNC(C)Cc1noc(-c2cnc(C)s2)n1.Cl. The third-order valence-electron chi connectivity index (χ3n) is 2.28. The molecule has 0 aliphatic carbocycles. The molecule has 1 N–H and O–H groups in total. The van der Waals surface area contributed by atoms with E-state index in [1.165, 1.54) is 0 Å². The molecule has 0 bridgehead atoms. The largest absolute Gasteiger partial charge is 0.333 e. The van der Waals surface area contributed by atoms with Crippen LogP contribution in [0.1, 0.15) is 17.8 Å². The lowest BCUT2D eigenvalue weighted by Gasteiger charge is -2.04. The minimum atomic E-state index is 0. The number of aromatic nitrogens is 3. The van der Waals surface area contributed by atoms with Crippen LogP contribution in [0.2, 0.25) is 0 Å². The summed E-state index contributed by atoms with van der Waals surface area (Å²) in [4.78, 5) is 9.42. The number of hydrogen-bond acceptors (Lipinski definition) is 6. The van der Waals surface area contributed by atoms with Crippen LogP contribution in [0.5, 0.6) is 0 Å². The van der Waals surface area contributed by atoms with Gasteiger partial charge in [-0.2, -0.15) is 4.98 Å². The molecule has 2 aromatic heterocycles. The van der Waals surface area contributed by atoms with Gasteiger partial charge in [0.2, 0.25) is 0 Å². The van der Waals surface area contributed by atoms with E-state index in [2.05, 4.69) is 27.4 Å². The van der Waals surface area contributed by atoms with Crippen molar-refractivity contribution in [2.24, 2.45) is 0 Å². The summed E-state index contributed by atoms with van der Waals surface area (Å²) in [7, 11) is 1.91. The number of nitrogens with one attached hydrogen (secondary N) is 1. The summed E-state index contributed by atoms with van der Waals surface area (Å²) in [6.45, 7) is 4.03. The van der Waals surface area contributed by atoms with Crippen LogP contribution < -0.4 is 5.32 Å². The molecule has 0 amide bonds. The predicted octanol–water partition coefficient (Wildman–Crippen LogP) is 2.07. The van der Waals surface area contributed by atoms with Crippen molar-refractivity contribution in [2.45, 2.75) is 26.3 Å². The molecule has 0 aliphatic rings. The first-order chi connectivity index (χ1) is 7.69. The number of likely N-dealkylation sites (N-methyl/N-ethyl adjacent to an activating group) is 1. The fourth-order valence-corrected chi connectivity index (χ4v) is 1.97. The van der Waals surface area contributed by atoms with Crippen LogP contribution in [0.4, 0.5) is 0 Å². The fourth-order valence-electron chi connectivity index (χ4n) is 1.27. The highest BCUT2D eigenvalue weighted by molar-refractivity contribution is 7.14. The van der Waals surface area contributed by atoms with Crippen LogP contribution in [0, 0.1) is 6.92 Å². The molecule has 0 saturated heterocycles. The van der Waals surface area contributed by atoms with Crippen LogP contribution in [0.3, 0.4) is 0 Å². The second-order valence-electron chi connectivity index (χ2n) is 3.65. The zero-order valence-corrected chi connectivity index (χ0v) is 11.6. The summed E-state index contributed by atoms with van der Waals surface area (Å²) in [6, 6.07) is 0.341. The summed E-state index contributed by atoms with van der Waals surface area (Å²) in [5.41, 5.74) is 0. The summed E-state index contributed by atoms with van der Waals surface area (Å²) < 4.78 is 5.19. The van der Waals surface area contributed by atoms with Crippen molar-refractivity contribution in [1.82, 2.24) is 20.4 Å². The normalized spacial score (nSPS) is 12.2. The Kier molecular flexibility index (Phi) is 5.04. The number of halogens is 1. The molecule has 0 spiro atoms. The number of hydrogen-bond donors (Lipinski definition) is 1. The van der Waals surface area contributed by atoms with E-state index < -0.39 is 0 Å². The van der Waals surface area contributed by atoms with Gasteiger partial charge in [0.15, 0.2) is 5.82 Å². The molecule has 0 aliphatic heterocycles. The Labute approximate surface area is 110 Å². The van der Waals surface area contributed by atoms with Gasteiger partial charge in [0, 0.05) is 12.5 Å². The van der Waals surface area contributed by atoms with Crippen LogP contribution in [-0.4, -0.2) is 28.2 Å². The van der Waals surface area contributed by atoms with Crippen molar-refractivity contribution < 1.29 is 4.52 Å². The molecule has 17 heavy (non-hydrogen) atoms. The maximum absolute atomic E-state index is 5.19. The van der Waals surface area contributed by atoms with Gasteiger partial charge in [0.1, 0.15) is 4.88 Å². The minimum Gasteiger partial charge on any atom is -0.333 e. The molecule has 2 aromatic rings. The summed E-state index contributed by atoms with van der Waals surface area (Å²) in [5.74, 6) is 1.28. The first kappa shape index (κ1) is 14.1. The molecule has 0 radical (unpaired) electrons. The van der Waals surface area contributed by atoms with Gasteiger partial charge in [0.05, 0.1) is 11.2 Å². The number of aryl methyl sites for hydroxylation is 1. The zero-order valence-electron chi connectivity index (χ0n) is 9.93. The predicted molar refractivity (Wildman–Crippen MR) is 69.6 cm³/mol. The molecule has 2 heterocycles. The first-order valence-corrected chi connectivity index (χ1v) is 5.93. The summed E-state index contributed by atoms with van der Waals surface area (Å²) in [6.07, 6.45) is 2.52. The average molecular weight is 275 g/mol. The van der Waals surface area contributed by atoms with E-state index in [0.29, 0.717) is 11.9 Å². The van der Waals surface area contributed by atoms with Gasteiger partial charge in [-0.1, -0.05) is 5.16 Å². The van der Waals surface area contributed by atoms with E-state index in [9.17, 15) is 0 Å². The van der Waals surface area contributed by atoms with Crippen LogP contribution in [0.25, 0.3) is 10.8 Å². The molecule has 94 valence electrons. The second kappa shape index (κ2) is 6.09. The molecule has 2 rings (SSSR count). The average Bonchev–Trinajstić information content (AvgIpc) is 2.87. The monoisotopic (exact) mass is 274 g/mol. The van der Waals surface area contributed by atoms with Gasteiger partial charge in [-0.15, -0.1) is 23.7 Å². The van der Waals surface area contributed by atoms with Crippen molar-refractivity contribution in [2.75, 3.05) is 7.05 Å². The lowest BCUT2D eigenvalue weighted by Crippen LogP contribution is -2.24. The minimum absolute atomic E-state index is 0. The molecule has 7 heteroatoms. The highest BCUT2D eigenvalue weighted by Gasteiger charge is 2.12. The Morgan fingerprint density at radius 2 is 2.29 bits per heavy atom. The fraction of sp³-hybridized carbons (Fsp3) is 0.500. The van der Waals surface area contributed by atoms with E-state index in [1.807, 2.05) is 14.0 Å². The molecule has 0 aromatic carbocycles. The maximum atomic E-state index is 5.19. The van der Waals surface area contributed by atoms with Gasteiger partial charge in [-0.3, -0.25) is 0 Å². The molecule has 0 fully saturated rings. The van der Waals surface area contributed by atoms with Crippen molar-refractivity contribution in [3.05, 3.63) is 17.0 Å². The first-order valence-electron chi connectivity index (χ1n) is 5.11. The molecule has 0 saturated carbocycles. The van der Waals surface area contributed by atoms with Crippen molar-refractivity contribution >= 4 is 23.7 Å². The molecule has 5 nitrogen and oxygen atoms in total. The Morgan fingerprint density at radius 1 is 1.53 bits per heavy atom. The highest BCUT2D eigenvalue weighted by atomic mass is 35.5. The van der Waals surface area contributed by atoms with E-state index >= 15 is 0 Å². The topological polar surface area (TPSA) is 63.8 Å². The van der Waals surface area contributed by atoms with Gasteiger partial charge in [-0.05, 0) is 20.9 Å². The number of rotatable bonds is 4. The van der Waals surface area contributed by atoms with Crippen molar-refractivity contribution in [3.8, 4) is 10.8 Å². The van der Waals surface area contributed by atoms with Crippen molar-refractivity contribution in [1.29, 1.82) is 0 Å². The Bertz CT molecular complexity index is 470. The lowest BCUT2D eigenvalue weighted by atomic mass is 10.2. The van der Waals surface area contributed by atoms with E-state index in [1.54, 1.807) is 17.5 Å². The van der Waals surface area contributed by atoms with Gasteiger partial charge < -0.3 is 9.84 Å². The standard InChI is InChI=1S/C10H14N4OS.ClH/c1-6(11-3)4-9-13-10(15-14-9)8-5-12-7(2)16-8;/h5-6,11H,4H2,1-3H3;1H. The van der Waals surface area contributed by atoms with Crippen molar-refractivity contribution in [3.63, 3.8) is 0 Å². The highest BCUT2D eigenvalue weighted by Crippen LogP contribution is 2.23. The van der Waals surface area contributed by atoms with Gasteiger partial charge in [-0.25, -0.2) is 4.98 Å². The molecule has 1 atom stereocenters. The van der Waals surface area contributed by atoms with E-state index in [-0.39, 0.29) is 12.4 Å². The molecular weight excluding hydrogens is 260 g/mol. The lowest BCUT2D eigenvalue weighted by molar-refractivity contribution is 0.419. The quantitative estimate of drug-likeness (QED) is 0.925. The van der Waals surface area contributed by atoms with Crippen LogP contribution >= 0.6 is 23.7 Å². The number of nitrogens with zero attached hydrogens (tertiary/aromatic N) is 3. The summed E-state index contributed by atoms with van der Waals surface area (Å²) in [5, 5.41) is 8.08. The zero-order chi connectivity index (χ0) is 11.5. The maximum Gasteiger partial charge on any atom is 0.269 e. The molecular formula is C10H15ClN4OS. The van der Waals surface area contributed by atoms with Crippen LogP contribution in [-0.2, 0) is 6.42 Å².